The van der Waals surface area contributed by atoms with E-state index in [9.17, 15) is 13.2 Å². The first-order valence-electron chi connectivity index (χ1n) is 10.3. The van der Waals surface area contributed by atoms with Crippen molar-refractivity contribution in [3.05, 3.63) is 58.7 Å². The second-order valence-electron chi connectivity index (χ2n) is 8.38. The first kappa shape index (κ1) is 21.9. The van der Waals surface area contributed by atoms with Crippen LogP contribution in [0.2, 0.25) is 0 Å². The minimum absolute atomic E-state index is 0.0734. The van der Waals surface area contributed by atoms with E-state index in [0.717, 1.165) is 28.1 Å². The van der Waals surface area contributed by atoms with E-state index < -0.39 is 9.84 Å². The van der Waals surface area contributed by atoms with Crippen molar-refractivity contribution < 1.29 is 13.2 Å². The molecule has 0 saturated carbocycles. The number of nitrogens with zero attached hydrogens (tertiary/aromatic N) is 2. The van der Waals surface area contributed by atoms with Gasteiger partial charge in [0.15, 0.2) is 15.0 Å². The lowest BCUT2D eigenvalue weighted by Crippen LogP contribution is -2.37. The summed E-state index contributed by atoms with van der Waals surface area (Å²) in [5.74, 6) is 0.0948. The zero-order valence-electron chi connectivity index (χ0n) is 18.2. The molecule has 1 N–H and O–H groups in total. The Kier molecular flexibility index (Phi) is 5.87. The topological polar surface area (TPSA) is 78.8 Å². The highest BCUT2D eigenvalue weighted by Crippen LogP contribution is 2.37. The van der Waals surface area contributed by atoms with Crippen LogP contribution < -0.4 is 10.2 Å². The van der Waals surface area contributed by atoms with Gasteiger partial charge in [0.2, 0.25) is 5.91 Å². The zero-order chi connectivity index (χ0) is 22.3. The Balaban J connectivity index is 1.62. The molecule has 0 bridgehead atoms. The van der Waals surface area contributed by atoms with Gasteiger partial charge in [0.05, 0.1) is 17.5 Å². The van der Waals surface area contributed by atoms with E-state index in [-0.39, 0.29) is 35.2 Å². The number of anilines is 2. The van der Waals surface area contributed by atoms with Crippen LogP contribution in [0, 0.1) is 27.7 Å². The summed E-state index contributed by atoms with van der Waals surface area (Å²) in [6, 6.07) is 11.8. The number of para-hydroxylation sites is 1. The van der Waals surface area contributed by atoms with Gasteiger partial charge < -0.3 is 10.2 Å². The van der Waals surface area contributed by atoms with Gasteiger partial charge in [-0.1, -0.05) is 36.0 Å². The summed E-state index contributed by atoms with van der Waals surface area (Å²) in [6.07, 6.45) is 0. The zero-order valence-corrected chi connectivity index (χ0v) is 19.8. The van der Waals surface area contributed by atoms with Gasteiger partial charge in [-0.25, -0.2) is 8.42 Å². The molecule has 1 fully saturated rings. The molecule has 8 heteroatoms. The van der Waals surface area contributed by atoms with Crippen molar-refractivity contribution in [2.75, 3.05) is 28.3 Å². The number of thioether (sulfide) groups is 1. The summed E-state index contributed by atoms with van der Waals surface area (Å²) >= 11 is 1.47. The maximum Gasteiger partial charge on any atom is 0.244 e. The largest absolute Gasteiger partial charge is 0.324 e. The third-order valence-electron chi connectivity index (χ3n) is 5.89. The number of carbonyl (C=O) groups is 1. The summed E-state index contributed by atoms with van der Waals surface area (Å²) in [6.45, 7) is 8.14. The minimum atomic E-state index is -3.03. The molecule has 0 aromatic heterocycles. The third kappa shape index (κ3) is 4.65. The van der Waals surface area contributed by atoms with Gasteiger partial charge >= 0.3 is 0 Å². The van der Waals surface area contributed by atoms with Gasteiger partial charge in [-0.15, -0.1) is 0 Å². The van der Waals surface area contributed by atoms with Crippen LogP contribution in [0.25, 0.3) is 0 Å². The predicted octanol–water partition coefficient (Wildman–Crippen LogP) is 3.63. The van der Waals surface area contributed by atoms with Crippen molar-refractivity contribution in [1.29, 1.82) is 0 Å². The molecule has 6 nitrogen and oxygen atoms in total. The first-order valence-corrected chi connectivity index (χ1v) is 13.0. The first-order chi connectivity index (χ1) is 14.6. The van der Waals surface area contributed by atoms with E-state index in [1.54, 1.807) is 0 Å². The third-order valence-corrected chi connectivity index (χ3v) is 9.13. The van der Waals surface area contributed by atoms with Gasteiger partial charge in [-0.05, 0) is 62.1 Å². The highest BCUT2D eigenvalue weighted by molar-refractivity contribution is 8.15. The van der Waals surface area contributed by atoms with E-state index in [1.165, 1.54) is 17.3 Å². The van der Waals surface area contributed by atoms with Gasteiger partial charge in [0, 0.05) is 16.6 Å². The molecular formula is C23H27N3O3S2. The highest BCUT2D eigenvalue weighted by Gasteiger charge is 2.44. The monoisotopic (exact) mass is 457 g/mol. The molecular weight excluding hydrogens is 430 g/mol. The fourth-order valence-corrected chi connectivity index (χ4v) is 7.75. The van der Waals surface area contributed by atoms with Gasteiger partial charge in [-0.3, -0.25) is 9.79 Å². The molecule has 2 aromatic carbocycles. The number of fused-ring (bicyclic) bond motifs is 1. The van der Waals surface area contributed by atoms with Crippen LogP contribution in [0.15, 0.2) is 41.4 Å². The van der Waals surface area contributed by atoms with Crippen molar-refractivity contribution in [2.45, 2.75) is 39.0 Å². The van der Waals surface area contributed by atoms with Crippen molar-refractivity contribution in [3.8, 4) is 0 Å². The predicted molar refractivity (Wildman–Crippen MR) is 129 cm³/mol. The highest BCUT2D eigenvalue weighted by atomic mass is 32.2. The summed E-state index contributed by atoms with van der Waals surface area (Å²) in [5.41, 5.74) is 6.04. The SMILES string of the molecule is Cc1ccc(N(CC(=O)Nc2c(C)cccc2C)C2=N[C@@H]3CS(=O)(=O)C[C@@H]3S2)cc1C. The Morgan fingerprint density at radius 1 is 1.06 bits per heavy atom. The standard InChI is InChI=1S/C23H27N3O3S2/c1-14-8-9-18(10-17(14)4)26(23-24-19-12-31(28,29)13-20(19)30-23)11-21(27)25-22-15(2)6-5-7-16(22)3/h5-10,19-20H,11-13H2,1-4H3,(H,25,27)/t19-,20+/m1/s1. The molecule has 1 saturated heterocycles. The Hall–Kier alpha value is -2.32. The number of amides is 1. The number of sulfone groups is 1. The number of hydrogen-bond donors (Lipinski definition) is 1. The summed E-state index contributed by atoms with van der Waals surface area (Å²) in [7, 11) is -3.03. The van der Waals surface area contributed by atoms with Crippen LogP contribution in [0.5, 0.6) is 0 Å². The molecule has 2 aromatic rings. The summed E-state index contributed by atoms with van der Waals surface area (Å²) in [5, 5.41) is 3.69. The van der Waals surface area contributed by atoms with Gasteiger partial charge in [0.25, 0.3) is 0 Å². The second kappa shape index (κ2) is 8.31. The minimum Gasteiger partial charge on any atom is -0.324 e. The average Bonchev–Trinajstić information content (AvgIpc) is 3.18. The molecule has 1 amide bonds. The number of nitrogens with one attached hydrogen (secondary N) is 1. The molecule has 0 aliphatic carbocycles. The fraction of sp³-hybridized carbons (Fsp3) is 0.391. The number of benzene rings is 2. The molecule has 2 atom stereocenters. The molecule has 0 unspecified atom stereocenters. The maximum atomic E-state index is 13.0. The number of carbonyl (C=O) groups excluding carboxylic acids is 1. The number of aryl methyl sites for hydroxylation is 4. The maximum absolute atomic E-state index is 13.0. The Labute approximate surface area is 188 Å². The Morgan fingerprint density at radius 3 is 2.42 bits per heavy atom. The van der Waals surface area contributed by atoms with E-state index in [0.29, 0.717) is 5.17 Å². The normalized spacial score (nSPS) is 21.5. The lowest BCUT2D eigenvalue weighted by atomic mass is 10.1. The number of aliphatic imine (C=N–C) groups is 1. The number of amidine groups is 1. The molecule has 2 aliphatic heterocycles. The van der Waals surface area contributed by atoms with Crippen molar-refractivity contribution in [1.82, 2.24) is 0 Å². The van der Waals surface area contributed by atoms with Crippen molar-refractivity contribution in [2.24, 2.45) is 4.99 Å². The second-order valence-corrected chi connectivity index (χ2v) is 11.7. The van der Waals surface area contributed by atoms with Gasteiger partial charge in [-0.2, -0.15) is 0 Å². The molecule has 0 radical (unpaired) electrons. The van der Waals surface area contributed by atoms with Crippen LogP contribution in [-0.4, -0.2) is 48.8 Å². The Bertz CT molecular complexity index is 1150. The van der Waals surface area contributed by atoms with Crippen LogP contribution in [0.3, 0.4) is 0 Å². The fourth-order valence-electron chi connectivity index (χ4n) is 3.97. The smallest absolute Gasteiger partial charge is 0.244 e. The van der Waals surface area contributed by atoms with E-state index in [2.05, 4.69) is 11.4 Å². The molecule has 164 valence electrons. The average molecular weight is 458 g/mol. The quantitative estimate of drug-likeness (QED) is 0.758. The van der Waals surface area contributed by atoms with Crippen LogP contribution >= 0.6 is 11.8 Å². The van der Waals surface area contributed by atoms with Crippen molar-refractivity contribution >= 4 is 44.0 Å². The molecule has 2 aliphatic rings. The summed E-state index contributed by atoms with van der Waals surface area (Å²) in [4.78, 5) is 19.7. The lowest BCUT2D eigenvalue weighted by Gasteiger charge is -2.25. The molecule has 31 heavy (non-hydrogen) atoms. The van der Waals surface area contributed by atoms with Crippen LogP contribution in [0.1, 0.15) is 22.3 Å². The van der Waals surface area contributed by atoms with Crippen LogP contribution in [0.4, 0.5) is 11.4 Å². The molecule has 2 heterocycles. The van der Waals surface area contributed by atoms with Gasteiger partial charge in [0.1, 0.15) is 6.54 Å². The van der Waals surface area contributed by atoms with E-state index >= 15 is 0 Å². The van der Waals surface area contributed by atoms with E-state index in [1.807, 2.05) is 62.9 Å². The molecule has 0 spiro atoms. The van der Waals surface area contributed by atoms with E-state index in [4.69, 9.17) is 4.99 Å². The molecule has 4 rings (SSSR count). The summed E-state index contributed by atoms with van der Waals surface area (Å²) < 4.78 is 23.9. The van der Waals surface area contributed by atoms with Crippen LogP contribution in [-0.2, 0) is 14.6 Å². The number of hydrogen-bond acceptors (Lipinski definition) is 6. The Morgan fingerprint density at radius 2 is 1.77 bits per heavy atom. The lowest BCUT2D eigenvalue weighted by molar-refractivity contribution is -0.114. The number of rotatable bonds is 4. The van der Waals surface area contributed by atoms with Crippen molar-refractivity contribution in [3.63, 3.8) is 0 Å².